The zero-order valence-electron chi connectivity index (χ0n) is 10.5. The standard InChI is InChI=1S/C12H14ClN3O2S/c1-8-14-11(18-15-8)12(17)3-4-16(7-12)6-10-9(13)2-5-19-10/h2,5,17H,3-4,6-7H2,1H3. The molecular formula is C12H14ClN3O2S. The van der Waals surface area contributed by atoms with Gasteiger partial charge in [0.05, 0.1) is 5.02 Å². The van der Waals surface area contributed by atoms with Gasteiger partial charge in [-0.25, -0.2) is 0 Å². The number of hydrogen-bond acceptors (Lipinski definition) is 6. The van der Waals surface area contributed by atoms with Gasteiger partial charge in [0.1, 0.15) is 0 Å². The predicted molar refractivity (Wildman–Crippen MR) is 72.2 cm³/mol. The quantitative estimate of drug-likeness (QED) is 0.941. The third kappa shape index (κ3) is 2.53. The number of aliphatic hydroxyl groups is 1. The molecule has 1 atom stereocenters. The lowest BCUT2D eigenvalue weighted by Crippen LogP contribution is -2.30. The summed E-state index contributed by atoms with van der Waals surface area (Å²) in [6.07, 6.45) is 0.595. The van der Waals surface area contributed by atoms with E-state index in [9.17, 15) is 5.11 Å². The van der Waals surface area contributed by atoms with Gasteiger partial charge in [0, 0.05) is 24.5 Å². The van der Waals surface area contributed by atoms with Crippen LogP contribution >= 0.6 is 22.9 Å². The maximum Gasteiger partial charge on any atom is 0.259 e. The molecule has 0 saturated carbocycles. The van der Waals surface area contributed by atoms with Crippen LogP contribution < -0.4 is 0 Å². The van der Waals surface area contributed by atoms with Crippen molar-refractivity contribution in [3.05, 3.63) is 33.1 Å². The van der Waals surface area contributed by atoms with Crippen LogP contribution in [0.15, 0.2) is 16.0 Å². The van der Waals surface area contributed by atoms with E-state index in [-0.39, 0.29) is 0 Å². The lowest BCUT2D eigenvalue weighted by molar-refractivity contribution is 0.0132. The third-order valence-electron chi connectivity index (χ3n) is 3.31. The first kappa shape index (κ1) is 13.1. The molecular weight excluding hydrogens is 286 g/mol. The number of aromatic nitrogens is 2. The molecule has 5 nitrogen and oxygen atoms in total. The molecule has 1 unspecified atom stereocenters. The summed E-state index contributed by atoms with van der Waals surface area (Å²) >= 11 is 7.72. The van der Waals surface area contributed by atoms with Gasteiger partial charge in [-0.2, -0.15) is 4.98 Å². The molecule has 1 fully saturated rings. The summed E-state index contributed by atoms with van der Waals surface area (Å²) in [5, 5.41) is 17.1. The van der Waals surface area contributed by atoms with Crippen LogP contribution in [0.3, 0.4) is 0 Å². The second kappa shape index (κ2) is 4.86. The lowest BCUT2D eigenvalue weighted by atomic mass is 10.0. The van der Waals surface area contributed by atoms with Crippen LogP contribution in [0.4, 0.5) is 0 Å². The number of likely N-dealkylation sites (tertiary alicyclic amines) is 1. The van der Waals surface area contributed by atoms with E-state index in [1.165, 1.54) is 0 Å². The van der Waals surface area contributed by atoms with Crippen molar-refractivity contribution in [2.24, 2.45) is 0 Å². The number of halogens is 1. The molecule has 0 amide bonds. The van der Waals surface area contributed by atoms with Gasteiger partial charge in [-0.3, -0.25) is 4.90 Å². The Morgan fingerprint density at radius 2 is 2.47 bits per heavy atom. The van der Waals surface area contributed by atoms with Gasteiger partial charge >= 0.3 is 0 Å². The summed E-state index contributed by atoms with van der Waals surface area (Å²) in [6.45, 7) is 3.76. The highest BCUT2D eigenvalue weighted by Crippen LogP contribution is 2.33. The molecule has 19 heavy (non-hydrogen) atoms. The summed E-state index contributed by atoms with van der Waals surface area (Å²) in [6, 6.07) is 1.89. The Kier molecular flexibility index (Phi) is 3.34. The van der Waals surface area contributed by atoms with Gasteiger partial charge in [0.15, 0.2) is 11.4 Å². The minimum Gasteiger partial charge on any atom is -0.379 e. The molecule has 1 aliphatic heterocycles. The second-order valence-corrected chi connectivity index (χ2v) is 6.24. The van der Waals surface area contributed by atoms with E-state index < -0.39 is 5.60 Å². The number of β-amino-alcohol motifs (C(OH)–C–C–N with tert-alkyl or cyclic N) is 1. The molecule has 102 valence electrons. The van der Waals surface area contributed by atoms with E-state index >= 15 is 0 Å². The van der Waals surface area contributed by atoms with Gasteiger partial charge in [0.25, 0.3) is 5.89 Å². The van der Waals surface area contributed by atoms with E-state index in [0.29, 0.717) is 24.7 Å². The molecule has 3 rings (SSSR count). The Bertz CT molecular complexity index is 585. The first-order chi connectivity index (χ1) is 9.07. The Labute approximate surface area is 119 Å². The van der Waals surface area contributed by atoms with E-state index in [1.54, 1.807) is 18.3 Å². The zero-order chi connectivity index (χ0) is 13.5. The van der Waals surface area contributed by atoms with Gasteiger partial charge in [-0.15, -0.1) is 11.3 Å². The fourth-order valence-electron chi connectivity index (χ4n) is 2.31. The lowest BCUT2D eigenvalue weighted by Gasteiger charge is -2.19. The maximum absolute atomic E-state index is 10.6. The SMILES string of the molecule is Cc1noc(C2(O)CCN(Cc3sccc3Cl)C2)n1. The first-order valence-electron chi connectivity index (χ1n) is 6.04. The van der Waals surface area contributed by atoms with Crippen molar-refractivity contribution in [2.45, 2.75) is 25.5 Å². The van der Waals surface area contributed by atoms with Crippen molar-refractivity contribution in [3.63, 3.8) is 0 Å². The molecule has 2 aromatic rings. The summed E-state index contributed by atoms with van der Waals surface area (Å²) in [5.41, 5.74) is -1.04. The van der Waals surface area contributed by atoms with Crippen molar-refractivity contribution in [1.82, 2.24) is 15.0 Å². The molecule has 1 aliphatic rings. The van der Waals surface area contributed by atoms with Crippen molar-refractivity contribution in [1.29, 1.82) is 0 Å². The van der Waals surface area contributed by atoms with E-state index in [4.69, 9.17) is 16.1 Å². The minimum atomic E-state index is -1.04. The summed E-state index contributed by atoms with van der Waals surface area (Å²) in [5.74, 6) is 0.855. The van der Waals surface area contributed by atoms with Crippen LogP contribution in [-0.2, 0) is 12.1 Å². The van der Waals surface area contributed by atoms with Gasteiger partial charge < -0.3 is 9.63 Å². The van der Waals surface area contributed by atoms with Crippen LogP contribution in [0.25, 0.3) is 0 Å². The van der Waals surface area contributed by atoms with Crippen molar-refractivity contribution >= 4 is 22.9 Å². The van der Waals surface area contributed by atoms with Crippen molar-refractivity contribution in [2.75, 3.05) is 13.1 Å². The minimum absolute atomic E-state index is 0.310. The highest BCUT2D eigenvalue weighted by atomic mass is 35.5. The number of aryl methyl sites for hydroxylation is 1. The van der Waals surface area contributed by atoms with E-state index in [2.05, 4.69) is 15.0 Å². The van der Waals surface area contributed by atoms with Gasteiger partial charge in [-0.1, -0.05) is 16.8 Å². The number of thiophene rings is 1. The molecule has 3 heterocycles. The molecule has 0 radical (unpaired) electrons. The number of nitrogens with zero attached hydrogens (tertiary/aromatic N) is 3. The maximum atomic E-state index is 10.6. The molecule has 0 bridgehead atoms. The summed E-state index contributed by atoms with van der Waals surface area (Å²) in [4.78, 5) is 7.40. The summed E-state index contributed by atoms with van der Waals surface area (Å²) < 4.78 is 5.10. The smallest absolute Gasteiger partial charge is 0.259 e. The highest BCUT2D eigenvalue weighted by molar-refractivity contribution is 7.10. The molecule has 0 aliphatic carbocycles. The topological polar surface area (TPSA) is 62.4 Å². The Hall–Kier alpha value is -0.950. The Morgan fingerprint density at radius 3 is 3.11 bits per heavy atom. The molecule has 0 aromatic carbocycles. The van der Waals surface area contributed by atoms with Crippen molar-refractivity contribution < 1.29 is 9.63 Å². The number of rotatable bonds is 3. The molecule has 0 spiro atoms. The van der Waals surface area contributed by atoms with Gasteiger partial charge in [0.2, 0.25) is 0 Å². The monoisotopic (exact) mass is 299 g/mol. The van der Waals surface area contributed by atoms with Crippen LogP contribution in [0.1, 0.15) is 23.0 Å². The zero-order valence-corrected chi connectivity index (χ0v) is 12.0. The van der Waals surface area contributed by atoms with E-state index in [1.807, 2.05) is 11.4 Å². The Morgan fingerprint density at radius 1 is 1.63 bits per heavy atom. The van der Waals surface area contributed by atoms with Crippen LogP contribution in [0, 0.1) is 6.92 Å². The Balaban J connectivity index is 1.71. The highest BCUT2D eigenvalue weighted by Gasteiger charge is 2.42. The second-order valence-electron chi connectivity index (χ2n) is 4.83. The predicted octanol–water partition coefficient (Wildman–Crippen LogP) is 2.19. The van der Waals surface area contributed by atoms with Crippen molar-refractivity contribution in [3.8, 4) is 0 Å². The molecule has 1 saturated heterocycles. The van der Waals surface area contributed by atoms with Crippen LogP contribution in [-0.4, -0.2) is 33.2 Å². The van der Waals surface area contributed by atoms with E-state index in [0.717, 1.165) is 23.0 Å². The molecule has 2 aromatic heterocycles. The van der Waals surface area contributed by atoms with Gasteiger partial charge in [-0.05, 0) is 24.8 Å². The third-order valence-corrected chi connectivity index (χ3v) is 4.68. The van der Waals surface area contributed by atoms with Crippen LogP contribution in [0.5, 0.6) is 0 Å². The molecule has 7 heteroatoms. The fraction of sp³-hybridized carbons (Fsp3) is 0.500. The fourth-order valence-corrected chi connectivity index (χ4v) is 3.44. The first-order valence-corrected chi connectivity index (χ1v) is 7.30. The average Bonchev–Trinajstić information content (AvgIpc) is 3.04. The largest absolute Gasteiger partial charge is 0.379 e. The number of hydrogen-bond donors (Lipinski definition) is 1. The average molecular weight is 300 g/mol. The summed E-state index contributed by atoms with van der Waals surface area (Å²) in [7, 11) is 0. The van der Waals surface area contributed by atoms with Crippen LogP contribution in [0.2, 0.25) is 5.02 Å². The molecule has 1 N–H and O–H groups in total. The normalized spacial score (nSPS) is 24.2.